The fraction of sp³-hybridized carbons (Fsp3) is 0.586. The zero-order chi connectivity index (χ0) is 28.7. The number of likely N-dealkylation sites (tertiary alicyclic amines) is 1. The average Bonchev–Trinajstić information content (AvgIpc) is 2.85. The van der Waals surface area contributed by atoms with Crippen LogP contribution in [0, 0.1) is 0 Å². The summed E-state index contributed by atoms with van der Waals surface area (Å²) in [6.45, 7) is 7.39. The van der Waals surface area contributed by atoms with Crippen molar-refractivity contribution in [3.05, 3.63) is 71.8 Å². The summed E-state index contributed by atoms with van der Waals surface area (Å²) >= 11 is 0. The van der Waals surface area contributed by atoms with Crippen molar-refractivity contribution in [1.29, 1.82) is 0 Å². The zero-order valence-corrected chi connectivity index (χ0v) is 23.8. The third-order valence-electron chi connectivity index (χ3n) is 6.13. The molecule has 2 aromatic carbocycles. The minimum Gasteiger partial charge on any atom is -0.376 e. The highest BCUT2D eigenvalue weighted by molar-refractivity contribution is 5.85. The van der Waals surface area contributed by atoms with E-state index in [2.05, 4.69) is 34.5 Å². The normalized spacial score (nSPS) is 16.0. The molecular formula is C29H41ClF6N2O2. The molecule has 4 nitrogen and oxygen atoms in total. The molecule has 2 aliphatic heterocycles. The molecule has 0 bridgehead atoms. The highest BCUT2D eigenvalue weighted by Gasteiger charge is 2.35. The number of nitrogens with zero attached hydrogens (tertiary/aromatic N) is 1. The Morgan fingerprint density at radius 2 is 1.12 bits per heavy atom. The first-order chi connectivity index (χ1) is 18.6. The quantitative estimate of drug-likeness (QED) is 0.213. The van der Waals surface area contributed by atoms with Crippen molar-refractivity contribution >= 4 is 12.4 Å². The molecule has 4 rings (SSSR count). The molecule has 2 aromatic rings. The minimum absolute atomic E-state index is 0. The van der Waals surface area contributed by atoms with E-state index in [1.807, 2.05) is 50.2 Å². The van der Waals surface area contributed by atoms with Gasteiger partial charge in [-0.1, -0.05) is 74.5 Å². The van der Waals surface area contributed by atoms with Crippen LogP contribution in [-0.4, -0.2) is 68.9 Å². The maximum absolute atomic E-state index is 12.2. The Bertz CT molecular complexity index is 853. The second kappa shape index (κ2) is 18.6. The molecule has 0 unspecified atom stereocenters. The topological polar surface area (TPSA) is 33.7 Å². The molecule has 11 heteroatoms. The SMILES string of the molecule is CC.Cl.FC(F)(F)CCCOC1CN(C(c2ccccc2)c2ccccc2)C1.FC(F)(F)CCCOC1CNC1. The van der Waals surface area contributed by atoms with Gasteiger partial charge >= 0.3 is 12.4 Å². The van der Waals surface area contributed by atoms with E-state index in [9.17, 15) is 26.3 Å². The summed E-state index contributed by atoms with van der Waals surface area (Å²) in [5.74, 6) is 0. The Labute approximate surface area is 239 Å². The van der Waals surface area contributed by atoms with E-state index >= 15 is 0 Å². The van der Waals surface area contributed by atoms with Crippen LogP contribution in [0.5, 0.6) is 0 Å². The van der Waals surface area contributed by atoms with Gasteiger partial charge in [0.1, 0.15) is 0 Å². The van der Waals surface area contributed by atoms with Crippen molar-refractivity contribution in [2.75, 3.05) is 39.4 Å². The molecule has 0 radical (unpaired) electrons. The van der Waals surface area contributed by atoms with E-state index in [0.717, 1.165) is 26.2 Å². The van der Waals surface area contributed by atoms with Gasteiger partial charge in [0.15, 0.2) is 0 Å². The van der Waals surface area contributed by atoms with Crippen LogP contribution in [0.1, 0.15) is 56.7 Å². The van der Waals surface area contributed by atoms with E-state index in [4.69, 9.17) is 9.47 Å². The van der Waals surface area contributed by atoms with Gasteiger partial charge in [-0.15, -0.1) is 12.4 Å². The van der Waals surface area contributed by atoms with Gasteiger partial charge in [0, 0.05) is 52.2 Å². The number of hydrogen-bond donors (Lipinski definition) is 1. The van der Waals surface area contributed by atoms with E-state index < -0.39 is 25.2 Å². The monoisotopic (exact) mass is 598 g/mol. The summed E-state index contributed by atoms with van der Waals surface area (Å²) in [5, 5.41) is 2.97. The Morgan fingerprint density at radius 1 is 0.725 bits per heavy atom. The molecular weight excluding hydrogens is 558 g/mol. The number of benzene rings is 2. The van der Waals surface area contributed by atoms with Crippen LogP contribution >= 0.6 is 12.4 Å². The highest BCUT2D eigenvalue weighted by atomic mass is 35.5. The fourth-order valence-corrected chi connectivity index (χ4v) is 4.10. The van der Waals surface area contributed by atoms with E-state index in [1.54, 1.807) is 0 Å². The van der Waals surface area contributed by atoms with Gasteiger partial charge < -0.3 is 14.8 Å². The lowest BCUT2D eigenvalue weighted by molar-refractivity contribution is -0.142. The van der Waals surface area contributed by atoms with Crippen LogP contribution in [-0.2, 0) is 9.47 Å². The molecule has 0 aliphatic carbocycles. The lowest BCUT2D eigenvalue weighted by atomic mass is 9.94. The summed E-state index contributed by atoms with van der Waals surface area (Å²) < 4.78 is 82.0. The Hall–Kier alpha value is -1.85. The third-order valence-corrected chi connectivity index (χ3v) is 6.13. The van der Waals surface area contributed by atoms with Gasteiger partial charge in [0.05, 0.1) is 18.2 Å². The summed E-state index contributed by atoms with van der Waals surface area (Å²) in [6.07, 6.45) is -9.41. The van der Waals surface area contributed by atoms with Gasteiger partial charge in [-0.3, -0.25) is 4.90 Å². The fourth-order valence-electron chi connectivity index (χ4n) is 4.10. The zero-order valence-electron chi connectivity index (χ0n) is 23.0. The second-order valence-electron chi connectivity index (χ2n) is 9.26. The molecule has 2 saturated heterocycles. The summed E-state index contributed by atoms with van der Waals surface area (Å²) in [5.41, 5.74) is 2.42. The van der Waals surface area contributed by atoms with Gasteiger partial charge in [-0.05, 0) is 24.0 Å². The molecule has 2 aliphatic rings. The van der Waals surface area contributed by atoms with Gasteiger partial charge in [0.25, 0.3) is 0 Å². The second-order valence-corrected chi connectivity index (χ2v) is 9.26. The molecule has 0 aromatic heterocycles. The maximum Gasteiger partial charge on any atom is 0.389 e. The molecule has 1 N–H and O–H groups in total. The van der Waals surface area contributed by atoms with Crippen LogP contribution in [0.25, 0.3) is 0 Å². The van der Waals surface area contributed by atoms with Crippen LogP contribution < -0.4 is 5.32 Å². The van der Waals surface area contributed by atoms with Gasteiger partial charge in [-0.25, -0.2) is 0 Å². The molecule has 0 spiro atoms. The minimum atomic E-state index is -4.10. The summed E-state index contributed by atoms with van der Waals surface area (Å²) in [4.78, 5) is 2.30. The van der Waals surface area contributed by atoms with Crippen molar-refractivity contribution in [1.82, 2.24) is 10.2 Å². The predicted molar refractivity (Wildman–Crippen MR) is 148 cm³/mol. The van der Waals surface area contributed by atoms with Crippen LogP contribution in [0.3, 0.4) is 0 Å². The number of ether oxygens (including phenoxy) is 2. The first kappa shape index (κ1) is 36.2. The molecule has 0 atom stereocenters. The predicted octanol–water partition coefficient (Wildman–Crippen LogP) is 7.58. The molecule has 2 heterocycles. The first-order valence-corrected chi connectivity index (χ1v) is 13.5. The van der Waals surface area contributed by atoms with Crippen LogP contribution in [0.2, 0.25) is 0 Å². The average molecular weight is 599 g/mol. The Morgan fingerprint density at radius 3 is 1.48 bits per heavy atom. The highest BCUT2D eigenvalue weighted by Crippen LogP contribution is 2.33. The van der Waals surface area contributed by atoms with Crippen LogP contribution in [0.4, 0.5) is 26.3 Å². The smallest absolute Gasteiger partial charge is 0.376 e. The molecule has 2 fully saturated rings. The van der Waals surface area contributed by atoms with E-state index in [1.165, 1.54) is 11.1 Å². The number of rotatable bonds is 11. The summed E-state index contributed by atoms with van der Waals surface area (Å²) in [6, 6.07) is 20.7. The number of hydrogen-bond acceptors (Lipinski definition) is 4. The van der Waals surface area contributed by atoms with E-state index in [0.29, 0.717) is 0 Å². The molecule has 228 valence electrons. The first-order valence-electron chi connectivity index (χ1n) is 13.5. The number of nitrogens with one attached hydrogen (secondary N) is 1. The molecule has 0 amide bonds. The maximum atomic E-state index is 12.2. The standard InChI is InChI=1S/C20H22F3NO.C7H12F3NO.C2H6.ClH/c21-20(22,23)12-7-13-25-18-14-24(15-18)19(16-8-3-1-4-9-16)17-10-5-2-6-11-17;8-7(9,10)2-1-3-12-6-4-11-5-6;1-2;/h1-6,8-11,18-19H,7,12-15H2;6,11H,1-5H2;1-2H3;1H. The molecule has 0 saturated carbocycles. The van der Waals surface area contributed by atoms with E-state index in [-0.39, 0.29) is 56.7 Å². The van der Waals surface area contributed by atoms with Crippen molar-refractivity contribution in [2.45, 2.75) is 70.1 Å². The number of alkyl halides is 6. The van der Waals surface area contributed by atoms with Crippen molar-refractivity contribution < 1.29 is 35.8 Å². The Kier molecular flexibility index (Phi) is 16.8. The van der Waals surface area contributed by atoms with Gasteiger partial charge in [0.2, 0.25) is 0 Å². The lowest BCUT2D eigenvalue weighted by Crippen LogP contribution is -2.53. The lowest BCUT2D eigenvalue weighted by Gasteiger charge is -2.44. The molecule has 40 heavy (non-hydrogen) atoms. The Balaban J connectivity index is 0.000000451. The summed E-state index contributed by atoms with van der Waals surface area (Å²) in [7, 11) is 0. The van der Waals surface area contributed by atoms with Crippen molar-refractivity contribution in [3.8, 4) is 0 Å². The number of halogens is 7. The third kappa shape index (κ3) is 14.2. The van der Waals surface area contributed by atoms with Crippen molar-refractivity contribution in [3.63, 3.8) is 0 Å². The van der Waals surface area contributed by atoms with Gasteiger partial charge in [-0.2, -0.15) is 26.3 Å². The largest absolute Gasteiger partial charge is 0.389 e. The van der Waals surface area contributed by atoms with Crippen LogP contribution in [0.15, 0.2) is 60.7 Å². The van der Waals surface area contributed by atoms with Crippen molar-refractivity contribution in [2.24, 2.45) is 0 Å².